The molecular formula is C25H18Cl5FN2S. The smallest absolute Gasteiger partial charge is 0.173 e. The number of hydrogen-bond donors (Lipinski definition) is 0. The van der Waals surface area contributed by atoms with Gasteiger partial charge in [0.15, 0.2) is 5.16 Å². The molecule has 1 aromatic heterocycles. The predicted molar refractivity (Wildman–Crippen MR) is 143 cm³/mol. The lowest BCUT2D eigenvalue weighted by molar-refractivity contribution is 0.593. The molecule has 0 unspecified atom stereocenters. The number of benzene rings is 3. The molecule has 4 rings (SSSR count). The van der Waals surface area contributed by atoms with E-state index in [0.29, 0.717) is 47.3 Å². The minimum atomic E-state index is -0.529. The van der Waals surface area contributed by atoms with Crippen molar-refractivity contribution in [2.75, 3.05) is 0 Å². The average Bonchev–Trinajstić information content (AvgIpc) is 3.20. The molecule has 0 spiro atoms. The van der Waals surface area contributed by atoms with Gasteiger partial charge in [0.05, 0.1) is 32.6 Å². The molecule has 4 aromatic rings. The molecule has 3 aromatic carbocycles. The number of nitrogens with zero attached hydrogens (tertiary/aromatic N) is 2. The molecule has 0 radical (unpaired) electrons. The van der Waals surface area contributed by atoms with Gasteiger partial charge < -0.3 is 0 Å². The first-order chi connectivity index (χ1) is 16.1. The summed E-state index contributed by atoms with van der Waals surface area (Å²) in [4.78, 5) is 4.67. The minimum Gasteiger partial charge on any atom is -0.289 e. The van der Waals surface area contributed by atoms with E-state index in [9.17, 15) is 4.39 Å². The largest absolute Gasteiger partial charge is 0.289 e. The second-order valence-corrected chi connectivity index (χ2v) is 11.1. The van der Waals surface area contributed by atoms with Gasteiger partial charge in [-0.3, -0.25) is 4.57 Å². The van der Waals surface area contributed by atoms with Crippen LogP contribution in [0.2, 0.25) is 25.1 Å². The highest BCUT2D eigenvalue weighted by Crippen LogP contribution is 2.40. The average molecular weight is 575 g/mol. The molecule has 0 fully saturated rings. The first kappa shape index (κ1) is 25.7. The maximum Gasteiger partial charge on any atom is 0.173 e. The summed E-state index contributed by atoms with van der Waals surface area (Å²) in [6.45, 7) is 4.12. The second-order valence-electron chi connectivity index (χ2n) is 8.10. The van der Waals surface area contributed by atoms with Gasteiger partial charge in [-0.15, -0.1) is 0 Å². The van der Waals surface area contributed by atoms with Crippen LogP contribution in [-0.4, -0.2) is 9.55 Å². The molecule has 1 heterocycles. The Morgan fingerprint density at radius 1 is 0.882 bits per heavy atom. The summed E-state index contributed by atoms with van der Waals surface area (Å²) >= 11 is 32.8. The molecule has 0 atom stereocenters. The fourth-order valence-electron chi connectivity index (χ4n) is 3.61. The Morgan fingerprint density at radius 2 is 1.65 bits per heavy atom. The van der Waals surface area contributed by atoms with Gasteiger partial charge in [0.25, 0.3) is 0 Å². The summed E-state index contributed by atoms with van der Waals surface area (Å²) in [5.74, 6) is -0.0700. The Labute approximate surface area is 227 Å². The summed E-state index contributed by atoms with van der Waals surface area (Å²) in [6.07, 6.45) is 1.79. The van der Waals surface area contributed by atoms with Gasteiger partial charge in [-0.1, -0.05) is 95.7 Å². The third kappa shape index (κ3) is 5.09. The minimum absolute atomic E-state index is 0.292. The summed E-state index contributed by atoms with van der Waals surface area (Å²) in [5.41, 5.74) is 2.39. The lowest BCUT2D eigenvalue weighted by Gasteiger charge is -2.28. The zero-order valence-electron chi connectivity index (χ0n) is 18.1. The molecule has 0 bridgehead atoms. The molecule has 0 N–H and O–H groups in total. The molecule has 0 aliphatic carbocycles. The molecular weight excluding hydrogens is 557 g/mol. The van der Waals surface area contributed by atoms with E-state index in [1.165, 1.54) is 17.8 Å². The third-order valence-electron chi connectivity index (χ3n) is 5.57. The molecule has 0 amide bonds. The van der Waals surface area contributed by atoms with Crippen molar-refractivity contribution >= 4 is 69.8 Å². The van der Waals surface area contributed by atoms with Crippen LogP contribution in [0.4, 0.5) is 4.39 Å². The van der Waals surface area contributed by atoms with Crippen molar-refractivity contribution < 1.29 is 4.39 Å². The van der Waals surface area contributed by atoms with Crippen LogP contribution in [0.3, 0.4) is 0 Å². The van der Waals surface area contributed by atoms with Gasteiger partial charge in [0, 0.05) is 26.8 Å². The summed E-state index contributed by atoms with van der Waals surface area (Å²) < 4.78 is 16.3. The Kier molecular flexibility index (Phi) is 7.78. The lowest BCUT2D eigenvalue weighted by Crippen LogP contribution is -2.23. The zero-order valence-corrected chi connectivity index (χ0v) is 22.6. The lowest BCUT2D eigenvalue weighted by atomic mass is 9.81. The van der Waals surface area contributed by atoms with Gasteiger partial charge in [0.2, 0.25) is 0 Å². The Morgan fingerprint density at radius 3 is 2.32 bits per heavy atom. The van der Waals surface area contributed by atoms with Crippen molar-refractivity contribution in [3.05, 3.63) is 109 Å². The van der Waals surface area contributed by atoms with E-state index in [4.69, 9.17) is 58.0 Å². The molecule has 9 heteroatoms. The van der Waals surface area contributed by atoms with Gasteiger partial charge in [-0.2, -0.15) is 0 Å². The van der Waals surface area contributed by atoms with Crippen LogP contribution in [0, 0.1) is 5.82 Å². The van der Waals surface area contributed by atoms with Crippen molar-refractivity contribution in [3.63, 3.8) is 0 Å². The van der Waals surface area contributed by atoms with E-state index < -0.39 is 5.41 Å². The molecule has 0 saturated heterocycles. The maximum absolute atomic E-state index is 14.4. The van der Waals surface area contributed by atoms with Crippen molar-refractivity contribution in [1.29, 1.82) is 0 Å². The van der Waals surface area contributed by atoms with E-state index in [-0.39, 0.29) is 5.82 Å². The van der Waals surface area contributed by atoms with E-state index >= 15 is 0 Å². The van der Waals surface area contributed by atoms with E-state index in [1.54, 1.807) is 36.5 Å². The quantitative estimate of drug-likeness (QED) is 0.213. The van der Waals surface area contributed by atoms with Crippen LogP contribution in [-0.2, 0) is 11.2 Å². The van der Waals surface area contributed by atoms with Crippen LogP contribution < -0.4 is 0 Å². The third-order valence-corrected chi connectivity index (χ3v) is 8.18. The molecule has 176 valence electrons. The Bertz CT molecular complexity index is 1350. The van der Waals surface area contributed by atoms with Crippen LogP contribution in [0.25, 0.3) is 5.69 Å². The Hall–Kier alpha value is -1.40. The van der Waals surface area contributed by atoms with Crippen molar-refractivity contribution in [3.8, 4) is 5.69 Å². The van der Waals surface area contributed by atoms with Crippen molar-refractivity contribution in [2.45, 2.75) is 30.2 Å². The number of aromatic nitrogens is 2. The zero-order chi connectivity index (χ0) is 24.6. The molecule has 2 nitrogen and oxygen atoms in total. The number of rotatable bonds is 6. The van der Waals surface area contributed by atoms with Gasteiger partial charge in [-0.05, 0) is 48.0 Å². The topological polar surface area (TPSA) is 17.8 Å². The van der Waals surface area contributed by atoms with E-state index in [1.807, 2.05) is 22.8 Å². The van der Waals surface area contributed by atoms with Gasteiger partial charge >= 0.3 is 0 Å². The Balaban J connectivity index is 1.84. The monoisotopic (exact) mass is 572 g/mol. The standard InChI is InChI=1S/C25H18Cl5FN2S/c1-25(2,14-6-8-18(28)19(29)10-14)23-12-32-24(33(23)22-9-7-15(26)11-20(22)30)34-13-16-17(27)4-3-5-21(16)31/h3-12H,13H2,1-2H3. The first-order valence-corrected chi connectivity index (χ1v) is 13.0. The fraction of sp³-hybridized carbons (Fsp3) is 0.160. The molecule has 34 heavy (non-hydrogen) atoms. The van der Waals surface area contributed by atoms with Crippen LogP contribution in [0.15, 0.2) is 66.0 Å². The molecule has 0 aliphatic heterocycles. The second kappa shape index (κ2) is 10.3. The normalized spacial score (nSPS) is 11.8. The van der Waals surface area contributed by atoms with E-state index in [0.717, 1.165) is 11.3 Å². The van der Waals surface area contributed by atoms with Crippen LogP contribution in [0.5, 0.6) is 0 Å². The molecule has 0 saturated carbocycles. The fourth-order valence-corrected chi connectivity index (χ4v) is 5.73. The first-order valence-electron chi connectivity index (χ1n) is 10.1. The maximum atomic E-state index is 14.4. The highest BCUT2D eigenvalue weighted by atomic mass is 35.5. The van der Waals surface area contributed by atoms with Crippen LogP contribution in [0.1, 0.15) is 30.7 Å². The van der Waals surface area contributed by atoms with Gasteiger partial charge in [-0.25, -0.2) is 9.37 Å². The summed E-state index contributed by atoms with van der Waals surface area (Å²) in [5, 5.41) is 2.92. The SMILES string of the molecule is CC(C)(c1ccc(Cl)c(Cl)c1)c1cnc(SCc2c(F)cccc2Cl)n1-c1ccc(Cl)cc1Cl. The molecule has 0 aliphatic rings. The predicted octanol–water partition coefficient (Wildman–Crippen LogP) is 9.90. The summed E-state index contributed by atoms with van der Waals surface area (Å²) in [6, 6.07) is 15.5. The van der Waals surface area contributed by atoms with Crippen LogP contribution >= 0.6 is 69.8 Å². The van der Waals surface area contributed by atoms with Crippen molar-refractivity contribution in [1.82, 2.24) is 9.55 Å². The number of thioether (sulfide) groups is 1. The summed E-state index contributed by atoms with van der Waals surface area (Å²) in [7, 11) is 0. The van der Waals surface area contributed by atoms with Gasteiger partial charge in [0.1, 0.15) is 5.82 Å². The highest BCUT2D eigenvalue weighted by molar-refractivity contribution is 7.98. The number of hydrogen-bond acceptors (Lipinski definition) is 2. The number of imidazole rings is 1. The van der Waals surface area contributed by atoms with Crippen molar-refractivity contribution in [2.24, 2.45) is 0 Å². The highest BCUT2D eigenvalue weighted by Gasteiger charge is 2.30. The van der Waals surface area contributed by atoms with E-state index in [2.05, 4.69) is 18.8 Å². The number of halogens is 6.